The number of imidazole rings is 1. The Bertz CT molecular complexity index is 651. The number of nitrogens with zero attached hydrogens (tertiary/aromatic N) is 1. The van der Waals surface area contributed by atoms with Gasteiger partial charge in [-0.1, -0.05) is 26.5 Å². The minimum atomic E-state index is 0.0545. The largest absolute Gasteiger partial charge is 0.326 e. The number of hydrogen-bond donors (Lipinski definition) is 2. The predicted octanol–water partition coefficient (Wildman–Crippen LogP) is 5.06. The number of carbonyl (C=O) groups excluding carboxylic acids is 1. The van der Waals surface area contributed by atoms with Crippen LogP contribution in [0.3, 0.4) is 0 Å². The number of hydrogen-bond acceptors (Lipinski definition) is 3. The van der Waals surface area contributed by atoms with Crippen LogP contribution in [-0.2, 0) is 0 Å². The van der Waals surface area contributed by atoms with E-state index in [2.05, 4.69) is 21.9 Å². The number of benzene rings is 1. The van der Waals surface area contributed by atoms with Gasteiger partial charge in [-0.15, -0.1) is 0 Å². The molecule has 2 aromatic rings. The number of Topliss-reactive ketones (excluding diaryl/α,β-unsaturated/α-hetero) is 1. The second kappa shape index (κ2) is 8.62. The van der Waals surface area contributed by atoms with Crippen molar-refractivity contribution in [3.05, 3.63) is 53.9 Å². The third-order valence-corrected chi connectivity index (χ3v) is 2.84. The van der Waals surface area contributed by atoms with Gasteiger partial charge in [0.25, 0.3) is 0 Å². The van der Waals surface area contributed by atoms with Gasteiger partial charge in [0, 0.05) is 11.3 Å². The molecular weight excluding hydrogens is 274 g/mol. The van der Waals surface area contributed by atoms with Gasteiger partial charge in [0.2, 0.25) is 5.95 Å². The molecular formula is C18H23N3O. The standard InChI is InChI=1S/C16H17N3O.C2H6/c1-4-6-15-14(5-2)18-16(19-15)17-13-9-7-12(8-10-13)11(3)20;1-2/h4-10H,2H2,1,3H3,(H2,17,18,19);1-2H3/b6-4-;. The zero-order chi connectivity index (χ0) is 16.5. The van der Waals surface area contributed by atoms with Crippen molar-refractivity contribution in [2.45, 2.75) is 27.7 Å². The topological polar surface area (TPSA) is 57.8 Å². The van der Waals surface area contributed by atoms with Gasteiger partial charge in [-0.3, -0.25) is 4.79 Å². The Kier molecular flexibility index (Phi) is 6.83. The van der Waals surface area contributed by atoms with Crippen LogP contribution in [0.5, 0.6) is 0 Å². The van der Waals surface area contributed by atoms with Gasteiger partial charge in [0.15, 0.2) is 5.78 Å². The molecule has 0 radical (unpaired) electrons. The number of nitrogens with one attached hydrogen (secondary N) is 2. The van der Waals surface area contributed by atoms with E-state index in [1.807, 2.05) is 45.1 Å². The fourth-order valence-electron chi connectivity index (χ4n) is 1.83. The van der Waals surface area contributed by atoms with E-state index in [4.69, 9.17) is 0 Å². The Morgan fingerprint density at radius 2 is 1.91 bits per heavy atom. The van der Waals surface area contributed by atoms with Gasteiger partial charge in [-0.25, -0.2) is 4.98 Å². The third-order valence-electron chi connectivity index (χ3n) is 2.84. The van der Waals surface area contributed by atoms with Crippen LogP contribution in [0.4, 0.5) is 11.6 Å². The second-order valence-electron chi connectivity index (χ2n) is 4.35. The van der Waals surface area contributed by atoms with Gasteiger partial charge in [-0.2, -0.15) is 0 Å². The lowest BCUT2D eigenvalue weighted by Crippen LogP contribution is -1.95. The first kappa shape index (κ1) is 17.4. The quantitative estimate of drug-likeness (QED) is 0.758. The van der Waals surface area contributed by atoms with E-state index in [1.165, 1.54) is 0 Å². The Hall–Kier alpha value is -2.62. The van der Waals surface area contributed by atoms with Crippen LogP contribution < -0.4 is 5.32 Å². The van der Waals surface area contributed by atoms with Crippen molar-refractivity contribution in [2.24, 2.45) is 0 Å². The average Bonchev–Trinajstić information content (AvgIpc) is 2.92. The highest BCUT2D eigenvalue weighted by Crippen LogP contribution is 2.18. The minimum absolute atomic E-state index is 0.0545. The fourth-order valence-corrected chi connectivity index (χ4v) is 1.83. The van der Waals surface area contributed by atoms with Crippen molar-refractivity contribution < 1.29 is 4.79 Å². The minimum Gasteiger partial charge on any atom is -0.326 e. The molecule has 0 saturated carbocycles. The first-order chi connectivity index (χ1) is 10.6. The average molecular weight is 297 g/mol. The van der Waals surface area contributed by atoms with Crippen molar-refractivity contribution in [3.8, 4) is 0 Å². The summed E-state index contributed by atoms with van der Waals surface area (Å²) in [6.45, 7) is 11.2. The van der Waals surface area contributed by atoms with Gasteiger partial charge in [-0.05, 0) is 50.3 Å². The lowest BCUT2D eigenvalue weighted by atomic mass is 10.1. The normalized spacial score (nSPS) is 10.0. The monoisotopic (exact) mass is 297 g/mol. The molecule has 0 bridgehead atoms. The number of ketones is 1. The number of aromatic nitrogens is 2. The summed E-state index contributed by atoms with van der Waals surface area (Å²) in [5, 5.41) is 3.16. The first-order valence-corrected chi connectivity index (χ1v) is 7.37. The molecule has 0 spiro atoms. The molecule has 4 nitrogen and oxygen atoms in total. The van der Waals surface area contributed by atoms with E-state index in [0.29, 0.717) is 11.5 Å². The molecule has 22 heavy (non-hydrogen) atoms. The van der Waals surface area contributed by atoms with Crippen LogP contribution in [0.25, 0.3) is 12.2 Å². The molecule has 0 atom stereocenters. The molecule has 1 aromatic heterocycles. The summed E-state index contributed by atoms with van der Waals surface area (Å²) < 4.78 is 0. The summed E-state index contributed by atoms with van der Waals surface area (Å²) in [7, 11) is 0. The molecule has 116 valence electrons. The molecule has 0 aliphatic rings. The lowest BCUT2D eigenvalue weighted by molar-refractivity contribution is 0.101. The maximum absolute atomic E-state index is 11.2. The summed E-state index contributed by atoms with van der Waals surface area (Å²) in [5.41, 5.74) is 3.26. The maximum atomic E-state index is 11.2. The summed E-state index contributed by atoms with van der Waals surface area (Å²) in [6.07, 6.45) is 5.58. The number of rotatable bonds is 5. The van der Waals surface area contributed by atoms with Gasteiger partial charge in [0.1, 0.15) is 0 Å². The van der Waals surface area contributed by atoms with E-state index in [1.54, 1.807) is 25.1 Å². The molecule has 0 unspecified atom stereocenters. The number of H-pyrrole nitrogens is 1. The molecule has 1 heterocycles. The molecule has 2 N–H and O–H groups in total. The Labute approximate surface area is 132 Å². The van der Waals surface area contributed by atoms with Gasteiger partial charge in [0.05, 0.1) is 11.4 Å². The smallest absolute Gasteiger partial charge is 0.205 e. The molecule has 0 aliphatic heterocycles. The highest BCUT2D eigenvalue weighted by molar-refractivity contribution is 5.94. The number of carbonyl (C=O) groups is 1. The molecule has 1 aromatic carbocycles. The van der Waals surface area contributed by atoms with Crippen LogP contribution in [0.1, 0.15) is 49.4 Å². The predicted molar refractivity (Wildman–Crippen MR) is 94.5 cm³/mol. The SMILES string of the molecule is C=Cc1nc(Nc2ccc(C(C)=O)cc2)[nH]c1/C=C\C.CC. The van der Waals surface area contributed by atoms with Crippen molar-refractivity contribution >= 4 is 29.6 Å². The lowest BCUT2D eigenvalue weighted by Gasteiger charge is -2.03. The number of aromatic amines is 1. The number of anilines is 2. The fraction of sp³-hybridized carbons (Fsp3) is 0.222. The van der Waals surface area contributed by atoms with E-state index in [0.717, 1.165) is 17.1 Å². The van der Waals surface area contributed by atoms with Crippen molar-refractivity contribution in [2.75, 3.05) is 5.32 Å². The van der Waals surface area contributed by atoms with Crippen LogP contribution in [0.15, 0.2) is 36.9 Å². The summed E-state index contributed by atoms with van der Waals surface area (Å²) in [6, 6.07) is 7.27. The Morgan fingerprint density at radius 1 is 1.27 bits per heavy atom. The molecule has 0 aliphatic carbocycles. The first-order valence-electron chi connectivity index (χ1n) is 7.37. The zero-order valence-corrected chi connectivity index (χ0v) is 13.6. The van der Waals surface area contributed by atoms with Crippen molar-refractivity contribution in [1.29, 1.82) is 0 Å². The summed E-state index contributed by atoms with van der Waals surface area (Å²) >= 11 is 0. The number of allylic oxidation sites excluding steroid dienone is 1. The van der Waals surface area contributed by atoms with E-state index >= 15 is 0 Å². The van der Waals surface area contributed by atoms with E-state index in [-0.39, 0.29) is 5.78 Å². The van der Waals surface area contributed by atoms with Crippen LogP contribution in [0, 0.1) is 0 Å². The van der Waals surface area contributed by atoms with Crippen LogP contribution in [0.2, 0.25) is 0 Å². The van der Waals surface area contributed by atoms with Crippen molar-refractivity contribution in [1.82, 2.24) is 9.97 Å². The summed E-state index contributed by atoms with van der Waals surface area (Å²) in [5.74, 6) is 0.697. The van der Waals surface area contributed by atoms with E-state index in [9.17, 15) is 4.79 Å². The Morgan fingerprint density at radius 3 is 2.41 bits per heavy atom. The van der Waals surface area contributed by atoms with Gasteiger partial charge < -0.3 is 10.3 Å². The molecule has 4 heteroatoms. The molecule has 0 amide bonds. The molecule has 0 fully saturated rings. The summed E-state index contributed by atoms with van der Waals surface area (Å²) in [4.78, 5) is 18.8. The van der Waals surface area contributed by atoms with Gasteiger partial charge >= 0.3 is 0 Å². The highest BCUT2D eigenvalue weighted by atomic mass is 16.1. The third kappa shape index (κ3) is 4.45. The van der Waals surface area contributed by atoms with Crippen LogP contribution >= 0.6 is 0 Å². The molecule has 0 saturated heterocycles. The molecule has 2 rings (SSSR count). The highest BCUT2D eigenvalue weighted by Gasteiger charge is 2.05. The van der Waals surface area contributed by atoms with Crippen molar-refractivity contribution in [3.63, 3.8) is 0 Å². The van der Waals surface area contributed by atoms with Crippen LogP contribution in [-0.4, -0.2) is 15.8 Å². The zero-order valence-electron chi connectivity index (χ0n) is 13.6. The second-order valence-corrected chi connectivity index (χ2v) is 4.35. The van der Waals surface area contributed by atoms with E-state index < -0.39 is 0 Å². The Balaban J connectivity index is 0.00000116. The maximum Gasteiger partial charge on any atom is 0.205 e.